The summed E-state index contributed by atoms with van der Waals surface area (Å²) < 4.78 is 6.99. The van der Waals surface area contributed by atoms with Crippen molar-refractivity contribution in [1.82, 2.24) is 4.74 Å². The Kier molecular flexibility index (Phi) is 3.00. The summed E-state index contributed by atoms with van der Waals surface area (Å²) >= 11 is 0. The molecule has 1 aromatic heterocycles. The van der Waals surface area contributed by atoms with Crippen LogP contribution in [0.25, 0.3) is 0 Å². The van der Waals surface area contributed by atoms with Crippen LogP contribution in [0.15, 0.2) is 63.9 Å². The highest BCUT2D eigenvalue weighted by atomic mass is 16.5. The summed E-state index contributed by atoms with van der Waals surface area (Å²) in [5, 5.41) is 0. The van der Waals surface area contributed by atoms with Crippen LogP contribution < -0.4 is 5.63 Å². The Bertz CT molecular complexity index is 874. The number of fused-ring (bicyclic) bond motifs is 2. The van der Waals surface area contributed by atoms with Gasteiger partial charge in [0.25, 0.3) is 0 Å². The van der Waals surface area contributed by atoms with Gasteiger partial charge in [-0.15, -0.1) is 0 Å². The highest BCUT2D eigenvalue weighted by molar-refractivity contribution is 5.49. The van der Waals surface area contributed by atoms with Crippen molar-refractivity contribution in [2.45, 2.75) is 18.8 Å². The molecule has 0 spiro atoms. The minimum atomic E-state index is -0.219. The van der Waals surface area contributed by atoms with E-state index < -0.39 is 0 Å². The molecule has 22 heavy (non-hydrogen) atoms. The summed E-state index contributed by atoms with van der Waals surface area (Å²) in [4.78, 5) is 12.4. The molecule has 3 heteroatoms. The van der Waals surface area contributed by atoms with Gasteiger partial charge in [-0.3, -0.25) is 0 Å². The third kappa shape index (κ3) is 1.93. The minimum absolute atomic E-state index is 0.0488. The zero-order chi connectivity index (χ0) is 15.1. The zero-order valence-electron chi connectivity index (χ0n) is 12.5. The fourth-order valence-corrected chi connectivity index (χ4v) is 3.54. The van der Waals surface area contributed by atoms with Crippen LogP contribution in [0.4, 0.5) is 0 Å². The summed E-state index contributed by atoms with van der Waals surface area (Å²) in [5.41, 5.74) is 5.24. The van der Waals surface area contributed by atoms with Gasteiger partial charge in [-0.05, 0) is 29.5 Å². The van der Waals surface area contributed by atoms with Crippen LogP contribution in [-0.4, -0.2) is 4.74 Å². The van der Waals surface area contributed by atoms with E-state index in [1.165, 1.54) is 11.1 Å². The topological polar surface area (TPSA) is 35.1 Å². The second-order valence-corrected chi connectivity index (χ2v) is 5.78. The molecule has 0 saturated heterocycles. The van der Waals surface area contributed by atoms with Crippen molar-refractivity contribution in [3.05, 3.63) is 93.0 Å². The molecule has 0 N–H and O–H groups in total. The molecule has 1 aliphatic rings. The number of rotatable bonds is 1. The fraction of sp³-hybridized carbons (Fsp3) is 0.211. The lowest BCUT2D eigenvalue weighted by molar-refractivity contribution is 0.276. The van der Waals surface area contributed by atoms with Gasteiger partial charge in [0.2, 0.25) is 0 Å². The number of benzene rings is 2. The number of aromatic nitrogens is 1. The molecule has 0 amide bonds. The predicted octanol–water partition coefficient (Wildman–Crippen LogP) is 3.26. The van der Waals surface area contributed by atoms with E-state index in [-0.39, 0.29) is 11.5 Å². The van der Waals surface area contributed by atoms with Crippen LogP contribution in [0, 0.1) is 0 Å². The Morgan fingerprint density at radius 1 is 1.00 bits per heavy atom. The van der Waals surface area contributed by atoms with E-state index in [1.807, 2.05) is 31.3 Å². The summed E-state index contributed by atoms with van der Waals surface area (Å²) in [6.45, 7) is 0. The minimum Gasteiger partial charge on any atom is -0.336 e. The van der Waals surface area contributed by atoms with Gasteiger partial charge in [0, 0.05) is 13.0 Å². The predicted molar refractivity (Wildman–Crippen MR) is 85.2 cm³/mol. The van der Waals surface area contributed by atoms with Crippen LogP contribution in [-0.2, 0) is 19.9 Å². The fourth-order valence-electron chi connectivity index (χ4n) is 3.54. The summed E-state index contributed by atoms with van der Waals surface area (Å²) in [7, 11) is 1.82. The Labute approximate surface area is 128 Å². The van der Waals surface area contributed by atoms with Crippen molar-refractivity contribution in [2.75, 3.05) is 0 Å². The summed E-state index contributed by atoms with van der Waals surface area (Å²) in [6, 6.07) is 18.6. The quantitative estimate of drug-likeness (QED) is 0.690. The van der Waals surface area contributed by atoms with Gasteiger partial charge in [0.1, 0.15) is 0 Å². The van der Waals surface area contributed by atoms with E-state index in [4.69, 9.17) is 4.52 Å². The van der Waals surface area contributed by atoms with Crippen molar-refractivity contribution in [2.24, 2.45) is 7.05 Å². The molecule has 3 aromatic rings. The third-order valence-corrected chi connectivity index (χ3v) is 4.55. The SMILES string of the molecule is Cn1oc(=O)c2c1CCc1ccccc1C2c1ccccc1. The lowest BCUT2D eigenvalue weighted by Crippen LogP contribution is -2.13. The number of aryl methyl sites for hydroxylation is 2. The van der Waals surface area contributed by atoms with Crippen LogP contribution in [0.5, 0.6) is 0 Å². The molecule has 3 nitrogen and oxygen atoms in total. The third-order valence-electron chi connectivity index (χ3n) is 4.55. The molecule has 0 fully saturated rings. The molecule has 1 aliphatic carbocycles. The van der Waals surface area contributed by atoms with E-state index >= 15 is 0 Å². The molecule has 0 aliphatic heterocycles. The monoisotopic (exact) mass is 291 g/mol. The van der Waals surface area contributed by atoms with Crippen molar-refractivity contribution in [3.8, 4) is 0 Å². The van der Waals surface area contributed by atoms with Gasteiger partial charge in [0.05, 0.1) is 11.3 Å². The lowest BCUT2D eigenvalue weighted by atomic mass is 9.84. The van der Waals surface area contributed by atoms with Gasteiger partial charge < -0.3 is 4.52 Å². The van der Waals surface area contributed by atoms with Crippen molar-refractivity contribution >= 4 is 0 Å². The van der Waals surface area contributed by atoms with Crippen LogP contribution in [0.1, 0.15) is 33.9 Å². The van der Waals surface area contributed by atoms with Gasteiger partial charge in [-0.1, -0.05) is 54.6 Å². The van der Waals surface area contributed by atoms with Crippen molar-refractivity contribution in [3.63, 3.8) is 0 Å². The largest absolute Gasteiger partial charge is 0.361 e. The van der Waals surface area contributed by atoms with Crippen LogP contribution in [0.2, 0.25) is 0 Å². The van der Waals surface area contributed by atoms with Crippen LogP contribution >= 0.6 is 0 Å². The smallest absolute Gasteiger partial charge is 0.336 e. The Morgan fingerprint density at radius 3 is 2.55 bits per heavy atom. The highest BCUT2D eigenvalue weighted by Gasteiger charge is 2.30. The molecule has 1 heterocycles. The summed E-state index contributed by atoms with van der Waals surface area (Å²) in [6.07, 6.45) is 1.76. The zero-order valence-corrected chi connectivity index (χ0v) is 12.5. The maximum Gasteiger partial charge on any atom is 0.361 e. The van der Waals surface area contributed by atoms with E-state index in [2.05, 4.69) is 30.3 Å². The first-order chi connectivity index (χ1) is 10.8. The van der Waals surface area contributed by atoms with Crippen molar-refractivity contribution in [1.29, 1.82) is 0 Å². The molecule has 0 bridgehead atoms. The maximum absolute atomic E-state index is 12.4. The Hall–Kier alpha value is -2.55. The van der Waals surface area contributed by atoms with E-state index in [9.17, 15) is 4.79 Å². The molecule has 4 rings (SSSR count). The van der Waals surface area contributed by atoms with E-state index in [1.54, 1.807) is 4.74 Å². The molecule has 0 radical (unpaired) electrons. The average molecular weight is 291 g/mol. The normalized spacial score (nSPS) is 16.7. The lowest BCUT2D eigenvalue weighted by Gasteiger charge is -2.17. The maximum atomic E-state index is 12.4. The molecule has 1 unspecified atom stereocenters. The first kappa shape index (κ1) is 13.1. The number of hydrogen-bond acceptors (Lipinski definition) is 2. The highest BCUT2D eigenvalue weighted by Crippen LogP contribution is 2.37. The van der Waals surface area contributed by atoms with Gasteiger partial charge in [-0.25, -0.2) is 9.53 Å². The Morgan fingerprint density at radius 2 is 1.73 bits per heavy atom. The second kappa shape index (κ2) is 5.02. The van der Waals surface area contributed by atoms with E-state index in [0.717, 1.165) is 29.7 Å². The first-order valence-corrected chi connectivity index (χ1v) is 7.57. The van der Waals surface area contributed by atoms with Gasteiger partial charge in [-0.2, -0.15) is 0 Å². The molecule has 1 atom stereocenters. The molecule has 2 aromatic carbocycles. The van der Waals surface area contributed by atoms with Gasteiger partial charge in [0.15, 0.2) is 0 Å². The Balaban J connectivity index is 2.05. The molecular weight excluding hydrogens is 274 g/mol. The van der Waals surface area contributed by atoms with Crippen molar-refractivity contribution < 1.29 is 4.52 Å². The molecular formula is C19H17NO2. The molecule has 0 saturated carbocycles. The summed E-state index contributed by atoms with van der Waals surface area (Å²) in [5.74, 6) is -0.0488. The van der Waals surface area contributed by atoms with Gasteiger partial charge >= 0.3 is 5.63 Å². The standard InChI is InChI=1S/C19H17NO2/c1-20-16-12-11-13-7-5-6-10-15(13)17(18(16)19(21)22-20)14-8-3-2-4-9-14/h2-10,17H,11-12H2,1H3. The first-order valence-electron chi connectivity index (χ1n) is 7.57. The van der Waals surface area contributed by atoms with Crippen LogP contribution in [0.3, 0.4) is 0 Å². The average Bonchev–Trinajstić information content (AvgIpc) is 2.73. The molecule has 110 valence electrons. The van der Waals surface area contributed by atoms with E-state index in [0.29, 0.717) is 0 Å². The number of hydrogen-bond donors (Lipinski definition) is 0. The second-order valence-electron chi connectivity index (χ2n) is 5.78. The number of nitrogens with zero attached hydrogens (tertiary/aromatic N) is 1.